The van der Waals surface area contributed by atoms with Crippen LogP contribution >= 0.6 is 22.9 Å². The van der Waals surface area contributed by atoms with Gasteiger partial charge >= 0.3 is 6.18 Å². The van der Waals surface area contributed by atoms with Gasteiger partial charge in [-0.05, 0) is 42.3 Å². The number of fused-ring (bicyclic) bond motifs is 2. The summed E-state index contributed by atoms with van der Waals surface area (Å²) in [5.74, 6) is -0.0340. The summed E-state index contributed by atoms with van der Waals surface area (Å²) in [6.45, 7) is 1.53. The van der Waals surface area contributed by atoms with E-state index in [0.29, 0.717) is 22.0 Å². The number of H-pyrrole nitrogens is 1. The maximum absolute atomic E-state index is 13.7. The molecule has 0 saturated carbocycles. The van der Waals surface area contributed by atoms with Crippen molar-refractivity contribution in [3.63, 3.8) is 0 Å². The van der Waals surface area contributed by atoms with Gasteiger partial charge in [0, 0.05) is 12.7 Å². The molecule has 0 bridgehead atoms. The Hall–Kier alpha value is -3.02. The van der Waals surface area contributed by atoms with Gasteiger partial charge in [0.05, 0.1) is 37.6 Å². The average Bonchev–Trinajstić information content (AvgIpc) is 3.19. The monoisotopic (exact) mass is 478 g/mol. The summed E-state index contributed by atoms with van der Waals surface area (Å²) in [5, 5.41) is 12.8. The summed E-state index contributed by atoms with van der Waals surface area (Å²) in [6, 6.07) is 5.06. The fourth-order valence-electron chi connectivity index (χ4n) is 3.56. The molecule has 0 amide bonds. The molecule has 4 heterocycles. The molecule has 7 nitrogen and oxygen atoms in total. The molecule has 1 aliphatic heterocycles. The minimum Gasteiger partial charge on any atom is -0.323 e. The first-order valence-corrected chi connectivity index (χ1v) is 10.7. The molecule has 32 heavy (non-hydrogen) atoms. The second kappa shape index (κ2) is 7.84. The standard InChI is InChI=1S/C20H14ClF3N6OS/c21-13-3-10-6-25-2-1-9(10)4-14(13)28-19-26-7-12(20(22,23)24)17(29-19)15-5-11-16(32-15)8-27-30-18(11)31/h3-5,7-8,25H,1-2,6H2,(H,30,31)(H,26,28,29). The van der Waals surface area contributed by atoms with Gasteiger partial charge in [0.1, 0.15) is 5.56 Å². The maximum Gasteiger partial charge on any atom is 0.420 e. The molecule has 0 unspecified atom stereocenters. The van der Waals surface area contributed by atoms with Crippen LogP contribution in [0.2, 0.25) is 5.02 Å². The number of rotatable bonds is 3. The van der Waals surface area contributed by atoms with Gasteiger partial charge in [0.25, 0.3) is 5.56 Å². The van der Waals surface area contributed by atoms with E-state index in [-0.39, 0.29) is 21.9 Å². The molecule has 0 atom stereocenters. The van der Waals surface area contributed by atoms with Crippen molar-refractivity contribution < 1.29 is 13.2 Å². The minimum absolute atomic E-state index is 0.0340. The quantitative estimate of drug-likeness (QED) is 0.401. The summed E-state index contributed by atoms with van der Waals surface area (Å²) in [4.78, 5) is 20.2. The Morgan fingerprint density at radius 2 is 2.00 bits per heavy atom. The lowest BCUT2D eigenvalue weighted by atomic mass is 10.0. The number of nitrogens with zero attached hydrogens (tertiary/aromatic N) is 3. The third-order valence-corrected chi connectivity index (χ3v) is 6.49. The fraction of sp³-hybridized carbons (Fsp3) is 0.200. The highest BCUT2D eigenvalue weighted by molar-refractivity contribution is 7.22. The Balaban J connectivity index is 1.59. The van der Waals surface area contributed by atoms with Gasteiger partial charge in [-0.25, -0.2) is 15.1 Å². The maximum atomic E-state index is 13.7. The van der Waals surface area contributed by atoms with Crippen molar-refractivity contribution in [2.24, 2.45) is 0 Å². The van der Waals surface area contributed by atoms with Crippen LogP contribution in [-0.2, 0) is 19.1 Å². The van der Waals surface area contributed by atoms with E-state index in [0.717, 1.165) is 41.6 Å². The van der Waals surface area contributed by atoms with Crippen LogP contribution in [0.15, 0.2) is 35.4 Å². The van der Waals surface area contributed by atoms with E-state index in [1.54, 1.807) is 0 Å². The molecule has 0 fully saturated rings. The summed E-state index contributed by atoms with van der Waals surface area (Å²) < 4.78 is 41.5. The first-order chi connectivity index (χ1) is 15.3. The third kappa shape index (κ3) is 3.83. The van der Waals surface area contributed by atoms with Crippen LogP contribution in [0.4, 0.5) is 24.8 Å². The van der Waals surface area contributed by atoms with E-state index in [1.165, 1.54) is 12.3 Å². The van der Waals surface area contributed by atoms with E-state index < -0.39 is 17.3 Å². The van der Waals surface area contributed by atoms with Gasteiger partial charge in [-0.3, -0.25) is 4.79 Å². The van der Waals surface area contributed by atoms with Gasteiger partial charge < -0.3 is 10.6 Å². The Morgan fingerprint density at radius 3 is 2.78 bits per heavy atom. The van der Waals surface area contributed by atoms with Gasteiger partial charge in [0.2, 0.25) is 5.95 Å². The van der Waals surface area contributed by atoms with Crippen LogP contribution < -0.4 is 16.2 Å². The Kier molecular flexibility index (Phi) is 5.11. The van der Waals surface area contributed by atoms with Crippen molar-refractivity contribution in [3.05, 3.63) is 62.7 Å². The highest BCUT2D eigenvalue weighted by atomic mass is 35.5. The summed E-state index contributed by atoms with van der Waals surface area (Å²) in [7, 11) is 0. The number of hydrogen-bond donors (Lipinski definition) is 3. The number of anilines is 2. The summed E-state index contributed by atoms with van der Waals surface area (Å²) >= 11 is 7.37. The SMILES string of the molecule is O=c1[nH]ncc2sc(-c3nc(Nc4cc5c(cc4Cl)CNCC5)ncc3C(F)(F)F)cc12. The third-order valence-electron chi connectivity index (χ3n) is 5.10. The van der Waals surface area contributed by atoms with Crippen LogP contribution in [0, 0.1) is 0 Å². The van der Waals surface area contributed by atoms with Gasteiger partial charge in [-0.1, -0.05) is 11.6 Å². The Labute approximate surface area is 187 Å². The molecule has 5 rings (SSSR count). The number of aromatic nitrogens is 4. The van der Waals surface area contributed by atoms with Crippen molar-refractivity contribution in [2.75, 3.05) is 11.9 Å². The molecule has 1 aliphatic rings. The lowest BCUT2D eigenvalue weighted by Crippen LogP contribution is -2.23. The minimum atomic E-state index is -4.68. The van der Waals surface area contributed by atoms with Crippen LogP contribution in [-0.4, -0.2) is 26.7 Å². The number of nitrogens with one attached hydrogen (secondary N) is 3. The van der Waals surface area contributed by atoms with Crippen molar-refractivity contribution in [1.29, 1.82) is 0 Å². The van der Waals surface area contributed by atoms with Crippen LogP contribution in [0.1, 0.15) is 16.7 Å². The van der Waals surface area contributed by atoms with E-state index in [2.05, 4.69) is 30.8 Å². The smallest absolute Gasteiger partial charge is 0.323 e. The van der Waals surface area contributed by atoms with Crippen LogP contribution in [0.5, 0.6) is 0 Å². The first-order valence-electron chi connectivity index (χ1n) is 9.50. The lowest BCUT2D eigenvalue weighted by molar-refractivity contribution is -0.137. The van der Waals surface area contributed by atoms with Crippen LogP contribution in [0.25, 0.3) is 20.7 Å². The summed E-state index contributed by atoms with van der Waals surface area (Å²) in [5.41, 5.74) is 0.871. The van der Waals surface area contributed by atoms with E-state index >= 15 is 0 Å². The molecule has 12 heteroatoms. The highest BCUT2D eigenvalue weighted by Gasteiger charge is 2.36. The zero-order valence-corrected chi connectivity index (χ0v) is 17.8. The molecular formula is C20H14ClF3N6OS. The van der Waals surface area contributed by atoms with E-state index in [4.69, 9.17) is 11.6 Å². The number of halogens is 4. The first kappa shape index (κ1) is 20.9. The molecule has 3 N–H and O–H groups in total. The second-order valence-corrected chi connectivity index (χ2v) is 8.68. The zero-order valence-electron chi connectivity index (χ0n) is 16.2. The van der Waals surface area contributed by atoms with Gasteiger partial charge in [-0.2, -0.15) is 18.3 Å². The fourth-order valence-corrected chi connectivity index (χ4v) is 4.83. The predicted octanol–water partition coefficient (Wildman–Crippen LogP) is 4.50. The molecule has 0 spiro atoms. The molecule has 1 aromatic carbocycles. The normalized spacial score (nSPS) is 13.9. The number of alkyl halides is 3. The predicted molar refractivity (Wildman–Crippen MR) is 116 cm³/mol. The zero-order chi connectivity index (χ0) is 22.5. The van der Waals surface area contributed by atoms with Gasteiger partial charge in [-0.15, -0.1) is 11.3 Å². The molecule has 4 aromatic rings. The topological polar surface area (TPSA) is 95.6 Å². The number of benzene rings is 1. The molecule has 164 valence electrons. The summed E-state index contributed by atoms with van der Waals surface area (Å²) in [6.07, 6.45) is -1.75. The van der Waals surface area contributed by atoms with E-state index in [9.17, 15) is 18.0 Å². The largest absolute Gasteiger partial charge is 0.420 e. The molecular weight excluding hydrogens is 465 g/mol. The second-order valence-electron chi connectivity index (χ2n) is 7.19. The number of thiophene rings is 1. The highest BCUT2D eigenvalue weighted by Crippen LogP contribution is 2.40. The van der Waals surface area contributed by atoms with Crippen molar-refractivity contribution in [3.8, 4) is 10.6 Å². The van der Waals surface area contributed by atoms with Crippen molar-refractivity contribution >= 4 is 44.7 Å². The van der Waals surface area contributed by atoms with Gasteiger partial charge in [0.15, 0.2) is 0 Å². The van der Waals surface area contributed by atoms with E-state index in [1.807, 2.05) is 12.1 Å². The van der Waals surface area contributed by atoms with Crippen molar-refractivity contribution in [1.82, 2.24) is 25.5 Å². The Morgan fingerprint density at radius 1 is 1.16 bits per heavy atom. The molecule has 0 radical (unpaired) electrons. The van der Waals surface area contributed by atoms with Crippen molar-refractivity contribution in [2.45, 2.75) is 19.1 Å². The lowest BCUT2D eigenvalue weighted by Gasteiger charge is -2.19. The number of aromatic amines is 1. The molecule has 0 aliphatic carbocycles. The average molecular weight is 479 g/mol. The number of hydrogen-bond acceptors (Lipinski definition) is 7. The van der Waals surface area contributed by atoms with Crippen LogP contribution in [0.3, 0.4) is 0 Å². The molecule has 0 saturated heterocycles. The molecule has 3 aromatic heterocycles. The Bertz CT molecular complexity index is 1400.